The molecule has 0 spiro atoms. The highest BCUT2D eigenvalue weighted by Gasteiger charge is 2.28. The van der Waals surface area contributed by atoms with Gasteiger partial charge in [-0.1, -0.05) is 33.6 Å². The van der Waals surface area contributed by atoms with Gasteiger partial charge < -0.3 is 10.2 Å². The fourth-order valence-corrected chi connectivity index (χ4v) is 3.54. The number of halogens is 2. The van der Waals surface area contributed by atoms with Crippen LogP contribution in [0.5, 0.6) is 0 Å². The lowest BCUT2D eigenvalue weighted by Gasteiger charge is -2.31. The van der Waals surface area contributed by atoms with Crippen molar-refractivity contribution in [1.82, 2.24) is 4.90 Å². The number of benzene rings is 2. The second-order valence-corrected chi connectivity index (χ2v) is 7.80. The minimum atomic E-state index is -0.0950. The van der Waals surface area contributed by atoms with E-state index in [4.69, 9.17) is 11.6 Å². The maximum atomic E-state index is 12.6. The first-order valence-electron chi connectivity index (χ1n) is 8.56. The first-order chi connectivity index (χ1) is 12.5. The van der Waals surface area contributed by atoms with Gasteiger partial charge >= 0.3 is 0 Å². The molecule has 26 heavy (non-hydrogen) atoms. The predicted molar refractivity (Wildman–Crippen MR) is 108 cm³/mol. The van der Waals surface area contributed by atoms with E-state index in [2.05, 4.69) is 21.2 Å². The summed E-state index contributed by atoms with van der Waals surface area (Å²) in [4.78, 5) is 26.9. The Labute approximate surface area is 166 Å². The summed E-state index contributed by atoms with van der Waals surface area (Å²) in [5.41, 5.74) is 2.28. The second kappa shape index (κ2) is 8.23. The molecule has 1 heterocycles. The number of hydrogen-bond acceptors (Lipinski definition) is 2. The third-order valence-corrected chi connectivity index (χ3v) is 5.71. The molecule has 136 valence electrons. The van der Waals surface area contributed by atoms with E-state index in [9.17, 15) is 9.59 Å². The fourth-order valence-electron chi connectivity index (χ4n) is 3.10. The molecule has 1 aliphatic heterocycles. The lowest BCUT2D eigenvalue weighted by atomic mass is 9.95. The molecule has 3 rings (SSSR count). The van der Waals surface area contributed by atoms with E-state index in [0.717, 1.165) is 15.7 Å². The maximum absolute atomic E-state index is 12.6. The second-order valence-electron chi connectivity index (χ2n) is 6.48. The Morgan fingerprint density at radius 2 is 1.77 bits per heavy atom. The minimum Gasteiger partial charge on any atom is -0.339 e. The first-order valence-corrected chi connectivity index (χ1v) is 9.73. The van der Waals surface area contributed by atoms with Gasteiger partial charge in [-0.2, -0.15) is 0 Å². The van der Waals surface area contributed by atoms with Gasteiger partial charge in [0, 0.05) is 39.8 Å². The molecule has 4 nitrogen and oxygen atoms in total. The summed E-state index contributed by atoms with van der Waals surface area (Å²) in [7, 11) is 0. The largest absolute Gasteiger partial charge is 0.339 e. The van der Waals surface area contributed by atoms with Gasteiger partial charge in [-0.25, -0.2) is 0 Å². The number of nitrogens with one attached hydrogen (secondary N) is 1. The van der Waals surface area contributed by atoms with Crippen LogP contribution < -0.4 is 5.32 Å². The topological polar surface area (TPSA) is 49.4 Å². The zero-order chi connectivity index (χ0) is 18.7. The summed E-state index contributed by atoms with van der Waals surface area (Å²) in [6.07, 6.45) is 1.32. The molecule has 0 unspecified atom stereocenters. The van der Waals surface area contributed by atoms with Crippen LogP contribution in [0.15, 0.2) is 46.9 Å². The Kier molecular flexibility index (Phi) is 5.99. The van der Waals surface area contributed by atoms with Gasteiger partial charge in [0.05, 0.1) is 0 Å². The SMILES string of the molecule is Cc1c(Cl)cccc1NC(=O)C1CCN(C(=O)c2ccc(Br)cc2)CC1. The van der Waals surface area contributed by atoms with E-state index < -0.39 is 0 Å². The van der Waals surface area contributed by atoms with E-state index in [0.29, 0.717) is 36.5 Å². The number of anilines is 1. The molecule has 0 saturated carbocycles. The number of rotatable bonds is 3. The van der Waals surface area contributed by atoms with Crippen molar-refractivity contribution < 1.29 is 9.59 Å². The van der Waals surface area contributed by atoms with Gasteiger partial charge in [0.2, 0.25) is 5.91 Å². The Balaban J connectivity index is 1.57. The summed E-state index contributed by atoms with van der Waals surface area (Å²) in [5, 5.41) is 3.61. The number of piperidine rings is 1. The molecule has 0 aromatic heterocycles. The van der Waals surface area contributed by atoms with Crippen molar-refractivity contribution >= 4 is 45.0 Å². The molecule has 2 amide bonds. The summed E-state index contributed by atoms with van der Waals surface area (Å²) in [6.45, 7) is 3.06. The third-order valence-electron chi connectivity index (χ3n) is 4.77. The average Bonchev–Trinajstić information content (AvgIpc) is 2.65. The van der Waals surface area contributed by atoms with Crippen LogP contribution in [0.4, 0.5) is 5.69 Å². The molecule has 2 aromatic carbocycles. The highest BCUT2D eigenvalue weighted by atomic mass is 79.9. The van der Waals surface area contributed by atoms with Crippen molar-refractivity contribution in [3.8, 4) is 0 Å². The van der Waals surface area contributed by atoms with Gasteiger partial charge in [-0.3, -0.25) is 9.59 Å². The van der Waals surface area contributed by atoms with E-state index in [-0.39, 0.29) is 17.7 Å². The van der Waals surface area contributed by atoms with E-state index in [1.807, 2.05) is 48.2 Å². The van der Waals surface area contributed by atoms with E-state index >= 15 is 0 Å². The van der Waals surface area contributed by atoms with Crippen molar-refractivity contribution in [2.45, 2.75) is 19.8 Å². The number of carbonyl (C=O) groups is 2. The number of carbonyl (C=O) groups excluding carboxylic acids is 2. The van der Waals surface area contributed by atoms with Crippen LogP contribution in [0.25, 0.3) is 0 Å². The van der Waals surface area contributed by atoms with E-state index in [1.165, 1.54) is 0 Å². The van der Waals surface area contributed by atoms with Gasteiger partial charge in [-0.05, 0) is 61.7 Å². The van der Waals surface area contributed by atoms with Crippen LogP contribution in [0.1, 0.15) is 28.8 Å². The molecule has 1 aliphatic rings. The molecule has 1 fully saturated rings. The van der Waals surface area contributed by atoms with Crippen LogP contribution in [-0.2, 0) is 4.79 Å². The lowest BCUT2D eigenvalue weighted by molar-refractivity contribution is -0.121. The monoisotopic (exact) mass is 434 g/mol. The van der Waals surface area contributed by atoms with Gasteiger partial charge in [-0.15, -0.1) is 0 Å². The predicted octanol–water partition coefficient (Wildman–Crippen LogP) is 4.90. The van der Waals surface area contributed by atoms with Crippen LogP contribution in [0.2, 0.25) is 5.02 Å². The molecular weight excluding hydrogens is 416 g/mol. The number of nitrogens with zero attached hydrogens (tertiary/aromatic N) is 1. The van der Waals surface area contributed by atoms with Crippen LogP contribution in [0.3, 0.4) is 0 Å². The van der Waals surface area contributed by atoms with E-state index in [1.54, 1.807) is 6.07 Å². The summed E-state index contributed by atoms with van der Waals surface area (Å²) >= 11 is 9.48. The highest BCUT2D eigenvalue weighted by molar-refractivity contribution is 9.10. The van der Waals surface area contributed by atoms with Crippen molar-refractivity contribution in [3.63, 3.8) is 0 Å². The summed E-state index contributed by atoms with van der Waals surface area (Å²) in [5.74, 6) is -0.0875. The van der Waals surface area contributed by atoms with Gasteiger partial charge in [0.25, 0.3) is 5.91 Å². The first kappa shape index (κ1) is 18.9. The normalized spacial score (nSPS) is 15.0. The summed E-state index contributed by atoms with van der Waals surface area (Å²) < 4.78 is 0.945. The number of likely N-dealkylation sites (tertiary alicyclic amines) is 1. The molecule has 1 saturated heterocycles. The number of hydrogen-bond donors (Lipinski definition) is 1. The smallest absolute Gasteiger partial charge is 0.253 e. The highest BCUT2D eigenvalue weighted by Crippen LogP contribution is 2.26. The fraction of sp³-hybridized carbons (Fsp3) is 0.300. The Morgan fingerprint density at radius 1 is 1.12 bits per heavy atom. The standard InChI is InChI=1S/C20H20BrClN2O2/c1-13-17(22)3-2-4-18(13)23-19(25)14-9-11-24(12-10-14)20(26)15-5-7-16(21)8-6-15/h2-8,14H,9-12H2,1H3,(H,23,25). The molecule has 6 heteroatoms. The zero-order valence-electron chi connectivity index (χ0n) is 14.5. The Hall–Kier alpha value is -1.85. The van der Waals surface area contributed by atoms with Crippen molar-refractivity contribution in [2.75, 3.05) is 18.4 Å². The molecule has 0 atom stereocenters. The maximum Gasteiger partial charge on any atom is 0.253 e. The molecule has 1 N–H and O–H groups in total. The van der Waals surface area contributed by atoms with Crippen LogP contribution in [0, 0.1) is 12.8 Å². The van der Waals surface area contributed by atoms with Crippen molar-refractivity contribution in [1.29, 1.82) is 0 Å². The van der Waals surface area contributed by atoms with Crippen LogP contribution in [-0.4, -0.2) is 29.8 Å². The van der Waals surface area contributed by atoms with Gasteiger partial charge in [0.1, 0.15) is 0 Å². The third kappa shape index (κ3) is 4.27. The Bertz CT molecular complexity index is 815. The number of amides is 2. The quantitative estimate of drug-likeness (QED) is 0.745. The lowest BCUT2D eigenvalue weighted by Crippen LogP contribution is -2.41. The van der Waals surface area contributed by atoms with Crippen LogP contribution >= 0.6 is 27.5 Å². The minimum absolute atomic E-state index is 0.00823. The summed E-state index contributed by atoms with van der Waals surface area (Å²) in [6, 6.07) is 12.8. The molecule has 2 aromatic rings. The van der Waals surface area contributed by atoms with Gasteiger partial charge in [0.15, 0.2) is 0 Å². The zero-order valence-corrected chi connectivity index (χ0v) is 16.8. The molecule has 0 bridgehead atoms. The Morgan fingerprint density at radius 3 is 2.42 bits per heavy atom. The molecule has 0 radical (unpaired) electrons. The molecule has 0 aliphatic carbocycles. The average molecular weight is 436 g/mol. The van der Waals surface area contributed by atoms with Crippen molar-refractivity contribution in [2.24, 2.45) is 5.92 Å². The van der Waals surface area contributed by atoms with Crippen molar-refractivity contribution in [3.05, 3.63) is 63.1 Å². The molecular formula is C20H20BrClN2O2.